The fraction of sp³-hybridized carbons (Fsp3) is 0. The molecule has 0 spiro atoms. The molecule has 246 valence electrons. The van der Waals surface area contributed by atoms with E-state index >= 15 is 0 Å². The topological polar surface area (TPSA) is 22.3 Å². The number of nitrogens with zero attached hydrogens (tertiary/aromatic N) is 3. The van der Waals surface area contributed by atoms with Crippen LogP contribution in [0, 0.1) is 0 Å². The first kappa shape index (κ1) is 28.7. The molecular formula is C48H30BN3O. The molecule has 0 amide bonds. The van der Waals surface area contributed by atoms with Gasteiger partial charge in [-0.05, 0) is 101 Å². The van der Waals surface area contributed by atoms with Crippen molar-refractivity contribution in [2.45, 2.75) is 0 Å². The van der Waals surface area contributed by atoms with Gasteiger partial charge in [-0.15, -0.1) is 0 Å². The first-order valence-electron chi connectivity index (χ1n) is 18.2. The second-order valence-corrected chi connectivity index (χ2v) is 14.1. The molecule has 0 N–H and O–H groups in total. The average molecular weight is 676 g/mol. The van der Waals surface area contributed by atoms with Gasteiger partial charge in [0.2, 0.25) is 0 Å². The summed E-state index contributed by atoms with van der Waals surface area (Å²) in [6, 6.07) is 65.8. The molecule has 10 aromatic rings. The van der Waals surface area contributed by atoms with Crippen molar-refractivity contribution >= 4 is 83.8 Å². The molecule has 53 heavy (non-hydrogen) atoms. The summed E-state index contributed by atoms with van der Waals surface area (Å²) in [7, 11) is 0. The highest BCUT2D eigenvalue weighted by Crippen LogP contribution is 2.42. The number of para-hydroxylation sites is 5. The summed E-state index contributed by atoms with van der Waals surface area (Å²) in [5.41, 5.74) is 14.2. The molecule has 0 saturated heterocycles. The predicted molar refractivity (Wildman–Crippen MR) is 221 cm³/mol. The van der Waals surface area contributed by atoms with Crippen LogP contribution in [0.3, 0.4) is 0 Å². The van der Waals surface area contributed by atoms with Crippen LogP contribution in [0.5, 0.6) is 11.5 Å². The van der Waals surface area contributed by atoms with Crippen LogP contribution >= 0.6 is 0 Å². The second-order valence-electron chi connectivity index (χ2n) is 14.1. The molecular weight excluding hydrogens is 645 g/mol. The Balaban J connectivity index is 1.12. The highest BCUT2D eigenvalue weighted by Gasteiger charge is 2.41. The Morgan fingerprint density at radius 2 is 0.943 bits per heavy atom. The summed E-state index contributed by atoms with van der Waals surface area (Å²) >= 11 is 0. The number of aromatic nitrogens is 2. The zero-order chi connectivity index (χ0) is 34.6. The SMILES string of the molecule is c1ccc(N2c3ccccc3B3c4cc(-n5c6ccccc6c6cc7c(cc65)c5ccccc5n7-c5ccccc5)ccc4Oc4cccc2c43)cc1. The van der Waals surface area contributed by atoms with Crippen molar-refractivity contribution in [2.75, 3.05) is 4.90 Å². The zero-order valence-electron chi connectivity index (χ0n) is 28.6. The number of anilines is 3. The Morgan fingerprint density at radius 3 is 1.66 bits per heavy atom. The predicted octanol–water partition coefficient (Wildman–Crippen LogP) is 10.3. The van der Waals surface area contributed by atoms with E-state index in [9.17, 15) is 0 Å². The highest BCUT2D eigenvalue weighted by atomic mass is 16.5. The summed E-state index contributed by atoms with van der Waals surface area (Å²) in [5.74, 6) is 1.82. The van der Waals surface area contributed by atoms with Crippen LogP contribution < -0.4 is 26.0 Å². The van der Waals surface area contributed by atoms with Gasteiger partial charge >= 0.3 is 0 Å². The molecule has 5 heteroatoms. The third kappa shape index (κ3) is 3.96. The number of fused-ring (bicyclic) bond motifs is 10. The van der Waals surface area contributed by atoms with Crippen molar-refractivity contribution in [2.24, 2.45) is 0 Å². The monoisotopic (exact) mass is 675 g/mol. The molecule has 0 aliphatic carbocycles. The lowest BCUT2D eigenvalue weighted by atomic mass is 9.34. The standard InChI is InChI=1S/C48H30BN3O/c1-3-14-31(15-4-1)50-40-21-10-7-18-34(40)36-30-45-37(29-44(36)50)35-19-8-11-22-41(35)52(45)33-26-27-46-39(28-33)49-38-20-9-12-23-42(38)51(32-16-5-2-6-17-32)43-24-13-25-47(53-46)48(43)49/h1-30H. The maximum absolute atomic E-state index is 6.78. The lowest BCUT2D eigenvalue weighted by Crippen LogP contribution is -2.59. The van der Waals surface area contributed by atoms with Crippen molar-refractivity contribution in [1.29, 1.82) is 0 Å². The van der Waals surface area contributed by atoms with Crippen LogP contribution in [0.2, 0.25) is 0 Å². The molecule has 0 fully saturated rings. The second kappa shape index (κ2) is 10.8. The zero-order valence-corrected chi connectivity index (χ0v) is 28.6. The first-order valence-corrected chi connectivity index (χ1v) is 18.2. The van der Waals surface area contributed by atoms with Crippen LogP contribution in [0.1, 0.15) is 0 Å². The van der Waals surface area contributed by atoms with Crippen molar-refractivity contribution < 1.29 is 4.74 Å². The molecule has 2 aliphatic heterocycles. The van der Waals surface area contributed by atoms with Crippen molar-refractivity contribution in [3.63, 3.8) is 0 Å². The van der Waals surface area contributed by atoms with Gasteiger partial charge in [0.25, 0.3) is 6.71 Å². The Labute approximate surface area is 306 Å². The van der Waals surface area contributed by atoms with Crippen LogP contribution in [0.25, 0.3) is 55.0 Å². The third-order valence-corrected chi connectivity index (χ3v) is 11.3. The van der Waals surface area contributed by atoms with Crippen LogP contribution in [0.15, 0.2) is 182 Å². The smallest absolute Gasteiger partial charge is 0.256 e. The van der Waals surface area contributed by atoms with Crippen molar-refractivity contribution in [3.8, 4) is 22.9 Å². The molecule has 4 nitrogen and oxygen atoms in total. The number of rotatable bonds is 3. The van der Waals surface area contributed by atoms with E-state index in [0.717, 1.165) is 34.2 Å². The van der Waals surface area contributed by atoms with Crippen molar-refractivity contribution in [1.82, 2.24) is 9.13 Å². The fourth-order valence-corrected chi connectivity index (χ4v) is 9.18. The van der Waals surface area contributed by atoms with Crippen LogP contribution in [-0.4, -0.2) is 15.8 Å². The van der Waals surface area contributed by atoms with E-state index < -0.39 is 0 Å². The Hall–Kier alpha value is -6.98. The van der Waals surface area contributed by atoms with E-state index in [-0.39, 0.29) is 6.71 Å². The van der Waals surface area contributed by atoms with E-state index in [0.29, 0.717) is 0 Å². The lowest BCUT2D eigenvalue weighted by molar-refractivity contribution is 0.487. The number of hydrogen-bond acceptors (Lipinski definition) is 2. The summed E-state index contributed by atoms with van der Waals surface area (Å²) in [6.07, 6.45) is 0. The molecule has 12 rings (SSSR count). The van der Waals surface area contributed by atoms with E-state index in [1.807, 2.05) is 0 Å². The maximum atomic E-state index is 6.78. The largest absolute Gasteiger partial charge is 0.458 e. The van der Waals surface area contributed by atoms with Crippen LogP contribution in [0.4, 0.5) is 17.1 Å². The molecule has 2 aliphatic rings. The average Bonchev–Trinajstić information content (AvgIpc) is 3.72. The summed E-state index contributed by atoms with van der Waals surface area (Å²) in [6.45, 7) is 0.0182. The van der Waals surface area contributed by atoms with Gasteiger partial charge in [-0.3, -0.25) is 0 Å². The summed E-state index contributed by atoms with van der Waals surface area (Å²) in [5, 5.41) is 4.95. The number of hydrogen-bond donors (Lipinski definition) is 0. The van der Waals surface area contributed by atoms with Crippen LogP contribution in [-0.2, 0) is 0 Å². The molecule has 8 aromatic carbocycles. The quantitative estimate of drug-likeness (QED) is 0.174. The van der Waals surface area contributed by atoms with Gasteiger partial charge in [-0.1, -0.05) is 97.1 Å². The lowest BCUT2D eigenvalue weighted by Gasteiger charge is -2.40. The Morgan fingerprint density at radius 1 is 0.358 bits per heavy atom. The minimum Gasteiger partial charge on any atom is -0.458 e. The molecule has 0 radical (unpaired) electrons. The highest BCUT2D eigenvalue weighted by molar-refractivity contribution is 6.99. The Bertz CT molecular complexity index is 3110. The number of benzene rings is 8. The van der Waals surface area contributed by atoms with Gasteiger partial charge in [-0.2, -0.15) is 0 Å². The molecule has 4 heterocycles. The van der Waals surface area contributed by atoms with Gasteiger partial charge in [-0.25, -0.2) is 0 Å². The first-order chi connectivity index (χ1) is 26.3. The molecule has 0 bridgehead atoms. The molecule has 0 unspecified atom stereocenters. The van der Waals surface area contributed by atoms with Gasteiger partial charge in [0.05, 0.1) is 22.1 Å². The summed E-state index contributed by atoms with van der Waals surface area (Å²) in [4.78, 5) is 2.38. The van der Waals surface area contributed by atoms with E-state index in [4.69, 9.17) is 4.74 Å². The minimum atomic E-state index is 0.0182. The molecule has 2 aromatic heterocycles. The Kier molecular flexibility index (Phi) is 5.83. The third-order valence-electron chi connectivity index (χ3n) is 11.3. The fourth-order valence-electron chi connectivity index (χ4n) is 9.18. The molecule has 0 saturated carbocycles. The van der Waals surface area contributed by atoms with Gasteiger partial charge in [0, 0.05) is 50.0 Å². The van der Waals surface area contributed by atoms with Gasteiger partial charge in [0.1, 0.15) is 11.5 Å². The normalized spacial score (nSPS) is 13.0. The summed E-state index contributed by atoms with van der Waals surface area (Å²) < 4.78 is 11.6. The number of ether oxygens (including phenoxy) is 1. The maximum Gasteiger partial charge on any atom is 0.256 e. The van der Waals surface area contributed by atoms with Gasteiger partial charge in [0.15, 0.2) is 0 Å². The van der Waals surface area contributed by atoms with Gasteiger partial charge < -0.3 is 18.8 Å². The van der Waals surface area contributed by atoms with E-state index in [1.54, 1.807) is 0 Å². The van der Waals surface area contributed by atoms with E-state index in [2.05, 4.69) is 196 Å². The molecule has 0 atom stereocenters. The minimum absolute atomic E-state index is 0.0182. The van der Waals surface area contributed by atoms with E-state index in [1.165, 1.54) is 65.7 Å². The van der Waals surface area contributed by atoms with Crippen molar-refractivity contribution in [3.05, 3.63) is 182 Å².